The van der Waals surface area contributed by atoms with Crippen molar-refractivity contribution in [3.8, 4) is 0 Å². The predicted molar refractivity (Wildman–Crippen MR) is 79.2 cm³/mol. The van der Waals surface area contributed by atoms with Crippen molar-refractivity contribution in [1.29, 1.82) is 0 Å². The summed E-state index contributed by atoms with van der Waals surface area (Å²) in [5, 5.41) is 0. The zero-order valence-corrected chi connectivity index (χ0v) is 12.7. The van der Waals surface area contributed by atoms with Crippen LogP contribution in [0.4, 0.5) is 0 Å². The zero-order valence-electron chi connectivity index (χ0n) is 12.7. The summed E-state index contributed by atoms with van der Waals surface area (Å²) >= 11 is 0. The average Bonchev–Trinajstić information content (AvgIpc) is 2.56. The number of hydrogen-bond donors (Lipinski definition) is 0. The normalized spacial score (nSPS) is 17.1. The smallest absolute Gasteiger partial charge is 0.195 e. The largest absolute Gasteiger partial charge is 0.349 e. The highest BCUT2D eigenvalue weighted by Crippen LogP contribution is 2.09. The first-order valence-electron chi connectivity index (χ1n) is 7.22. The lowest BCUT2D eigenvalue weighted by molar-refractivity contribution is 0.283. The molecular formula is C14H30N4. The van der Waals surface area contributed by atoms with Gasteiger partial charge in [-0.1, -0.05) is 12.8 Å². The van der Waals surface area contributed by atoms with Crippen LogP contribution >= 0.6 is 0 Å². The molecule has 0 saturated carbocycles. The van der Waals surface area contributed by atoms with Gasteiger partial charge in [0.25, 0.3) is 0 Å². The van der Waals surface area contributed by atoms with Gasteiger partial charge in [-0.3, -0.25) is 4.99 Å². The van der Waals surface area contributed by atoms with E-state index >= 15 is 0 Å². The van der Waals surface area contributed by atoms with Crippen LogP contribution in [0.2, 0.25) is 0 Å². The number of aliphatic imine (C=N–C) groups is 1. The van der Waals surface area contributed by atoms with Crippen molar-refractivity contribution in [2.75, 3.05) is 54.4 Å². The summed E-state index contributed by atoms with van der Waals surface area (Å²) in [5.74, 6) is 1.06. The van der Waals surface area contributed by atoms with E-state index in [2.05, 4.69) is 19.7 Å². The van der Waals surface area contributed by atoms with Gasteiger partial charge in [0.2, 0.25) is 0 Å². The van der Waals surface area contributed by atoms with Crippen molar-refractivity contribution in [3.05, 3.63) is 0 Å². The number of likely N-dealkylation sites (tertiary alicyclic amines) is 1. The minimum atomic E-state index is 0.933. The Balaban J connectivity index is 2.25. The minimum absolute atomic E-state index is 0.933. The Labute approximate surface area is 113 Å². The molecule has 1 aliphatic rings. The lowest BCUT2D eigenvalue weighted by atomic mass is 10.2. The molecular weight excluding hydrogens is 224 g/mol. The van der Waals surface area contributed by atoms with Gasteiger partial charge in [-0.15, -0.1) is 0 Å². The second kappa shape index (κ2) is 8.35. The highest BCUT2D eigenvalue weighted by Gasteiger charge is 2.08. The molecule has 0 radical (unpaired) electrons. The molecule has 1 heterocycles. The van der Waals surface area contributed by atoms with E-state index in [0.717, 1.165) is 12.5 Å². The molecule has 0 N–H and O–H groups in total. The Bertz CT molecular complexity index is 230. The Morgan fingerprint density at radius 2 is 1.50 bits per heavy atom. The molecule has 106 valence electrons. The lowest BCUT2D eigenvalue weighted by Gasteiger charge is -2.23. The zero-order chi connectivity index (χ0) is 13.4. The van der Waals surface area contributed by atoms with Crippen molar-refractivity contribution >= 4 is 5.96 Å². The Morgan fingerprint density at radius 3 is 2.00 bits per heavy atom. The van der Waals surface area contributed by atoms with E-state index in [9.17, 15) is 0 Å². The molecule has 0 aromatic rings. The van der Waals surface area contributed by atoms with Gasteiger partial charge < -0.3 is 14.7 Å². The van der Waals surface area contributed by atoms with E-state index in [-0.39, 0.29) is 0 Å². The maximum Gasteiger partial charge on any atom is 0.195 e. The number of rotatable bonds is 4. The van der Waals surface area contributed by atoms with Crippen LogP contribution in [0.1, 0.15) is 32.1 Å². The van der Waals surface area contributed by atoms with Gasteiger partial charge in [0.1, 0.15) is 0 Å². The van der Waals surface area contributed by atoms with Gasteiger partial charge in [-0.05, 0) is 38.9 Å². The molecule has 1 saturated heterocycles. The first-order chi connectivity index (χ1) is 8.61. The third-order valence-corrected chi connectivity index (χ3v) is 3.38. The molecule has 0 spiro atoms. The molecule has 4 heteroatoms. The number of guanidine groups is 1. The van der Waals surface area contributed by atoms with Crippen molar-refractivity contribution in [3.63, 3.8) is 0 Å². The van der Waals surface area contributed by atoms with Gasteiger partial charge in [-0.2, -0.15) is 0 Å². The molecule has 1 aliphatic heterocycles. The fourth-order valence-electron chi connectivity index (χ4n) is 2.52. The third-order valence-electron chi connectivity index (χ3n) is 3.38. The van der Waals surface area contributed by atoms with E-state index in [0.29, 0.717) is 0 Å². The number of nitrogens with zero attached hydrogens (tertiary/aromatic N) is 4. The van der Waals surface area contributed by atoms with Crippen LogP contribution in [-0.4, -0.2) is 75.0 Å². The second-order valence-electron chi connectivity index (χ2n) is 5.58. The van der Waals surface area contributed by atoms with Gasteiger partial charge in [0.05, 0.1) is 0 Å². The van der Waals surface area contributed by atoms with E-state index in [1.807, 2.05) is 28.2 Å². The van der Waals surface area contributed by atoms with Gasteiger partial charge in [-0.25, -0.2) is 0 Å². The summed E-state index contributed by atoms with van der Waals surface area (Å²) in [6.07, 6.45) is 6.76. The fourth-order valence-corrected chi connectivity index (χ4v) is 2.52. The van der Waals surface area contributed by atoms with Crippen molar-refractivity contribution in [1.82, 2.24) is 14.7 Å². The van der Waals surface area contributed by atoms with E-state index < -0.39 is 0 Å². The van der Waals surface area contributed by atoms with E-state index in [4.69, 9.17) is 0 Å². The van der Waals surface area contributed by atoms with Crippen molar-refractivity contribution in [2.45, 2.75) is 32.1 Å². The first-order valence-corrected chi connectivity index (χ1v) is 7.22. The Morgan fingerprint density at radius 1 is 0.944 bits per heavy atom. The van der Waals surface area contributed by atoms with Gasteiger partial charge >= 0.3 is 0 Å². The van der Waals surface area contributed by atoms with E-state index in [1.54, 1.807) is 0 Å². The molecule has 0 amide bonds. The lowest BCUT2D eigenvalue weighted by Crippen LogP contribution is -2.35. The summed E-state index contributed by atoms with van der Waals surface area (Å²) < 4.78 is 0. The molecule has 4 nitrogen and oxygen atoms in total. The van der Waals surface area contributed by atoms with Crippen LogP contribution in [-0.2, 0) is 0 Å². The SMILES string of the molecule is CN(C)C(=NCCCN1CCCCCC1)N(C)C. The Kier molecular flexibility index (Phi) is 7.09. The van der Waals surface area contributed by atoms with Crippen LogP contribution in [0.5, 0.6) is 0 Å². The molecule has 0 atom stereocenters. The first kappa shape index (κ1) is 15.3. The molecule has 0 aromatic carbocycles. The van der Waals surface area contributed by atoms with Crippen LogP contribution < -0.4 is 0 Å². The summed E-state index contributed by atoms with van der Waals surface area (Å²) in [6, 6.07) is 0. The topological polar surface area (TPSA) is 22.1 Å². The third kappa shape index (κ3) is 5.71. The molecule has 0 aromatic heterocycles. The molecule has 0 unspecified atom stereocenters. The Hall–Kier alpha value is -0.770. The maximum atomic E-state index is 4.67. The molecule has 1 fully saturated rings. The summed E-state index contributed by atoms with van der Waals surface area (Å²) in [6.45, 7) is 4.72. The van der Waals surface area contributed by atoms with E-state index in [1.165, 1.54) is 51.7 Å². The quantitative estimate of drug-likeness (QED) is 0.433. The fraction of sp³-hybridized carbons (Fsp3) is 0.929. The van der Waals surface area contributed by atoms with Crippen molar-refractivity contribution < 1.29 is 0 Å². The standard InChI is InChI=1S/C14H30N4/c1-16(2)14(17(3)4)15-10-9-13-18-11-7-5-6-8-12-18/h5-13H2,1-4H3. The minimum Gasteiger partial charge on any atom is -0.349 e. The monoisotopic (exact) mass is 254 g/mol. The average molecular weight is 254 g/mol. The van der Waals surface area contributed by atoms with Crippen LogP contribution in [0.15, 0.2) is 4.99 Å². The summed E-state index contributed by atoms with van der Waals surface area (Å²) in [5.41, 5.74) is 0. The molecule has 1 rings (SSSR count). The highest BCUT2D eigenvalue weighted by molar-refractivity contribution is 5.79. The summed E-state index contributed by atoms with van der Waals surface area (Å²) in [4.78, 5) is 11.4. The number of hydrogen-bond acceptors (Lipinski definition) is 2. The predicted octanol–water partition coefficient (Wildman–Crippen LogP) is 1.73. The highest BCUT2D eigenvalue weighted by atomic mass is 15.3. The van der Waals surface area contributed by atoms with Crippen molar-refractivity contribution in [2.24, 2.45) is 4.99 Å². The molecule has 18 heavy (non-hydrogen) atoms. The van der Waals surface area contributed by atoms with Gasteiger partial charge in [0, 0.05) is 34.7 Å². The maximum absolute atomic E-state index is 4.67. The summed E-state index contributed by atoms with van der Waals surface area (Å²) in [7, 11) is 8.20. The molecule has 0 bridgehead atoms. The second-order valence-corrected chi connectivity index (χ2v) is 5.58. The van der Waals surface area contributed by atoms with Crippen LogP contribution in [0, 0.1) is 0 Å². The van der Waals surface area contributed by atoms with Crippen LogP contribution in [0.25, 0.3) is 0 Å². The van der Waals surface area contributed by atoms with Crippen LogP contribution in [0.3, 0.4) is 0 Å². The van der Waals surface area contributed by atoms with Gasteiger partial charge in [0.15, 0.2) is 5.96 Å². The molecule has 0 aliphatic carbocycles.